The number of carbonyl (C=O) groups is 1. The van der Waals surface area contributed by atoms with Gasteiger partial charge < -0.3 is 16.0 Å². The van der Waals surface area contributed by atoms with Crippen LogP contribution in [0.4, 0.5) is 11.4 Å². The van der Waals surface area contributed by atoms with Gasteiger partial charge in [0.2, 0.25) is 5.91 Å². The summed E-state index contributed by atoms with van der Waals surface area (Å²) in [6.45, 7) is 1.80. The van der Waals surface area contributed by atoms with Gasteiger partial charge in [0.1, 0.15) is 0 Å². The van der Waals surface area contributed by atoms with Crippen molar-refractivity contribution in [3.05, 3.63) is 59.7 Å². The van der Waals surface area contributed by atoms with Gasteiger partial charge in [0.15, 0.2) is 0 Å². The van der Waals surface area contributed by atoms with Crippen LogP contribution in [0.15, 0.2) is 48.5 Å². The molecular weight excluding hydrogens is 262 g/mol. The molecule has 0 bridgehead atoms. The van der Waals surface area contributed by atoms with Crippen LogP contribution in [0.3, 0.4) is 0 Å². The average molecular weight is 281 g/mol. The van der Waals surface area contributed by atoms with Gasteiger partial charge in [-0.05, 0) is 35.7 Å². The predicted octanol–water partition coefficient (Wildman–Crippen LogP) is 2.15. The van der Waals surface area contributed by atoms with Crippen LogP contribution in [0.2, 0.25) is 0 Å². The number of fused-ring (bicyclic) bond motifs is 1. The summed E-state index contributed by atoms with van der Waals surface area (Å²) < 4.78 is 0. The van der Waals surface area contributed by atoms with Crippen LogP contribution in [0, 0.1) is 0 Å². The molecule has 0 atom stereocenters. The summed E-state index contributed by atoms with van der Waals surface area (Å²) in [5.41, 5.74) is 9.92. The first kappa shape index (κ1) is 13.6. The maximum atomic E-state index is 12.2. The Hall–Kier alpha value is -2.33. The number of nitrogens with one attached hydrogen (secondary N) is 1. The Morgan fingerprint density at radius 2 is 1.90 bits per heavy atom. The number of benzene rings is 2. The molecule has 1 aliphatic rings. The second kappa shape index (κ2) is 5.97. The second-order valence-electron chi connectivity index (χ2n) is 5.25. The third-order valence-corrected chi connectivity index (χ3v) is 3.79. The van der Waals surface area contributed by atoms with Crippen molar-refractivity contribution in [1.82, 2.24) is 0 Å². The zero-order chi connectivity index (χ0) is 14.7. The Bertz CT molecular complexity index is 637. The molecule has 3 N–H and O–H groups in total. The molecule has 1 aliphatic heterocycles. The highest BCUT2D eigenvalue weighted by Crippen LogP contribution is 2.26. The molecular formula is C17H19N3O. The first-order valence-electron chi connectivity index (χ1n) is 7.18. The second-order valence-corrected chi connectivity index (χ2v) is 5.25. The number of rotatable bonds is 4. The molecule has 21 heavy (non-hydrogen) atoms. The zero-order valence-corrected chi connectivity index (χ0v) is 11.9. The van der Waals surface area contributed by atoms with E-state index in [1.54, 1.807) is 0 Å². The molecule has 4 nitrogen and oxygen atoms in total. The lowest BCUT2D eigenvalue weighted by Crippen LogP contribution is -2.31. The number of nitrogens with zero attached hydrogens (tertiary/aromatic N) is 1. The van der Waals surface area contributed by atoms with E-state index in [0.717, 1.165) is 24.2 Å². The van der Waals surface area contributed by atoms with Crippen LogP contribution < -0.4 is 16.0 Å². The molecule has 0 aromatic heterocycles. The van der Waals surface area contributed by atoms with Gasteiger partial charge in [-0.15, -0.1) is 0 Å². The van der Waals surface area contributed by atoms with E-state index < -0.39 is 0 Å². The number of nitrogens with two attached hydrogens (primary N) is 1. The van der Waals surface area contributed by atoms with Crippen molar-refractivity contribution in [2.75, 3.05) is 23.3 Å². The molecule has 2 aromatic carbocycles. The van der Waals surface area contributed by atoms with Crippen LogP contribution in [-0.2, 0) is 17.8 Å². The molecule has 0 saturated carbocycles. The summed E-state index contributed by atoms with van der Waals surface area (Å²) >= 11 is 0. The van der Waals surface area contributed by atoms with Crippen LogP contribution >= 0.6 is 0 Å². The van der Waals surface area contributed by atoms with Gasteiger partial charge in [-0.3, -0.25) is 4.79 Å². The molecule has 0 spiro atoms. The highest BCUT2D eigenvalue weighted by Gasteiger charge is 2.20. The van der Waals surface area contributed by atoms with E-state index in [1.807, 2.05) is 36.4 Å². The van der Waals surface area contributed by atoms with Gasteiger partial charge in [-0.25, -0.2) is 0 Å². The third kappa shape index (κ3) is 3.06. The molecule has 4 heteroatoms. The largest absolute Gasteiger partial charge is 0.362 e. The fourth-order valence-electron chi connectivity index (χ4n) is 2.67. The summed E-state index contributed by atoms with van der Waals surface area (Å²) in [4.78, 5) is 14.3. The first-order chi connectivity index (χ1) is 10.3. The van der Waals surface area contributed by atoms with Crippen molar-refractivity contribution < 1.29 is 4.79 Å². The van der Waals surface area contributed by atoms with Crippen molar-refractivity contribution in [2.24, 2.45) is 5.73 Å². The SMILES string of the molecule is NCc1ccc(NC(=O)CN2CCc3ccccc32)cc1. The summed E-state index contributed by atoms with van der Waals surface area (Å²) in [5.74, 6) is 0.00667. The molecule has 1 amide bonds. The van der Waals surface area contributed by atoms with E-state index in [2.05, 4.69) is 22.3 Å². The molecule has 0 unspecified atom stereocenters. The number of para-hydroxylation sites is 1. The van der Waals surface area contributed by atoms with Crippen molar-refractivity contribution >= 4 is 17.3 Å². The quantitative estimate of drug-likeness (QED) is 0.902. The minimum atomic E-state index is 0.00667. The number of amides is 1. The van der Waals surface area contributed by atoms with E-state index in [0.29, 0.717) is 13.1 Å². The fourth-order valence-corrected chi connectivity index (χ4v) is 2.67. The van der Waals surface area contributed by atoms with E-state index in [4.69, 9.17) is 5.73 Å². The Balaban J connectivity index is 1.62. The molecule has 0 saturated heterocycles. The van der Waals surface area contributed by atoms with Crippen molar-refractivity contribution in [3.8, 4) is 0 Å². The van der Waals surface area contributed by atoms with Gasteiger partial charge in [-0.2, -0.15) is 0 Å². The van der Waals surface area contributed by atoms with Gasteiger partial charge in [0.05, 0.1) is 6.54 Å². The van der Waals surface area contributed by atoms with Crippen LogP contribution in [-0.4, -0.2) is 19.0 Å². The number of hydrogen-bond donors (Lipinski definition) is 2. The molecule has 0 fully saturated rings. The average Bonchev–Trinajstić information content (AvgIpc) is 2.91. The maximum absolute atomic E-state index is 12.2. The summed E-state index contributed by atoms with van der Waals surface area (Å²) in [6, 6.07) is 15.9. The Labute approximate surface area is 124 Å². The summed E-state index contributed by atoms with van der Waals surface area (Å²) in [7, 11) is 0. The van der Waals surface area contributed by atoms with E-state index >= 15 is 0 Å². The minimum absolute atomic E-state index is 0.00667. The highest BCUT2D eigenvalue weighted by atomic mass is 16.2. The van der Waals surface area contributed by atoms with E-state index in [-0.39, 0.29) is 5.91 Å². The Kier molecular flexibility index (Phi) is 3.88. The fraction of sp³-hybridized carbons (Fsp3) is 0.235. The Morgan fingerprint density at radius 3 is 2.67 bits per heavy atom. The lowest BCUT2D eigenvalue weighted by Gasteiger charge is -2.18. The van der Waals surface area contributed by atoms with Crippen molar-refractivity contribution in [3.63, 3.8) is 0 Å². The number of anilines is 2. The molecule has 3 rings (SSSR count). The van der Waals surface area contributed by atoms with Gasteiger partial charge >= 0.3 is 0 Å². The molecule has 0 aliphatic carbocycles. The van der Waals surface area contributed by atoms with Gasteiger partial charge in [0.25, 0.3) is 0 Å². The topological polar surface area (TPSA) is 58.4 Å². The normalized spacial score (nSPS) is 13.1. The van der Waals surface area contributed by atoms with Crippen LogP contribution in [0.5, 0.6) is 0 Å². The lowest BCUT2D eigenvalue weighted by atomic mass is 10.2. The monoisotopic (exact) mass is 281 g/mol. The maximum Gasteiger partial charge on any atom is 0.243 e. The van der Waals surface area contributed by atoms with E-state index in [9.17, 15) is 4.79 Å². The van der Waals surface area contributed by atoms with E-state index in [1.165, 1.54) is 11.3 Å². The molecule has 108 valence electrons. The predicted molar refractivity (Wildman–Crippen MR) is 85.3 cm³/mol. The first-order valence-corrected chi connectivity index (χ1v) is 7.18. The van der Waals surface area contributed by atoms with Crippen molar-refractivity contribution in [2.45, 2.75) is 13.0 Å². The van der Waals surface area contributed by atoms with Crippen LogP contribution in [0.1, 0.15) is 11.1 Å². The molecule has 0 radical (unpaired) electrons. The lowest BCUT2D eigenvalue weighted by molar-refractivity contribution is -0.115. The van der Waals surface area contributed by atoms with Gasteiger partial charge in [-0.1, -0.05) is 30.3 Å². The number of hydrogen-bond acceptors (Lipinski definition) is 3. The molecule has 2 aromatic rings. The van der Waals surface area contributed by atoms with Crippen LogP contribution in [0.25, 0.3) is 0 Å². The molecule has 1 heterocycles. The standard InChI is InChI=1S/C17H19N3O/c18-11-13-5-7-15(8-6-13)19-17(21)12-20-10-9-14-3-1-2-4-16(14)20/h1-8H,9-12,18H2,(H,19,21). The third-order valence-electron chi connectivity index (χ3n) is 3.79. The number of carbonyl (C=O) groups excluding carboxylic acids is 1. The summed E-state index contributed by atoms with van der Waals surface area (Å²) in [6.07, 6.45) is 1.01. The zero-order valence-electron chi connectivity index (χ0n) is 11.9. The summed E-state index contributed by atoms with van der Waals surface area (Å²) in [5, 5.41) is 2.93. The smallest absolute Gasteiger partial charge is 0.243 e. The van der Waals surface area contributed by atoms with Gasteiger partial charge in [0, 0.05) is 24.5 Å². The van der Waals surface area contributed by atoms with Crippen molar-refractivity contribution in [1.29, 1.82) is 0 Å². The Morgan fingerprint density at radius 1 is 1.14 bits per heavy atom. The highest BCUT2D eigenvalue weighted by molar-refractivity contribution is 5.94. The minimum Gasteiger partial charge on any atom is -0.362 e.